The van der Waals surface area contributed by atoms with Crippen LogP contribution in [-0.2, 0) is 0 Å². The zero-order chi connectivity index (χ0) is 14.4. The summed E-state index contributed by atoms with van der Waals surface area (Å²) in [5, 5.41) is 3.85. The molecule has 118 valence electrons. The number of rotatable bonds is 7. The molecule has 20 heavy (non-hydrogen) atoms. The lowest BCUT2D eigenvalue weighted by Crippen LogP contribution is -2.52. The Morgan fingerprint density at radius 1 is 1.00 bits per heavy atom. The van der Waals surface area contributed by atoms with E-state index >= 15 is 0 Å². The second kappa shape index (κ2) is 8.38. The molecule has 1 heterocycles. The van der Waals surface area contributed by atoms with Gasteiger partial charge in [-0.15, -0.1) is 0 Å². The quantitative estimate of drug-likeness (QED) is 0.756. The van der Waals surface area contributed by atoms with Crippen molar-refractivity contribution in [1.82, 2.24) is 10.2 Å². The van der Waals surface area contributed by atoms with Crippen molar-refractivity contribution in [3.8, 4) is 0 Å². The van der Waals surface area contributed by atoms with E-state index in [1.807, 2.05) is 0 Å². The van der Waals surface area contributed by atoms with Gasteiger partial charge in [-0.05, 0) is 57.0 Å². The smallest absolute Gasteiger partial charge is 0.0252 e. The van der Waals surface area contributed by atoms with E-state index in [1.54, 1.807) is 0 Å². The van der Waals surface area contributed by atoms with E-state index in [2.05, 4.69) is 31.0 Å². The van der Waals surface area contributed by atoms with E-state index in [4.69, 9.17) is 0 Å². The minimum atomic E-state index is 0.763. The zero-order valence-corrected chi connectivity index (χ0v) is 14.0. The largest absolute Gasteiger partial charge is 0.312 e. The van der Waals surface area contributed by atoms with Crippen LogP contribution in [0.1, 0.15) is 72.1 Å². The van der Waals surface area contributed by atoms with Crippen LogP contribution >= 0.6 is 0 Å². The van der Waals surface area contributed by atoms with Crippen molar-refractivity contribution in [1.29, 1.82) is 0 Å². The molecule has 2 heteroatoms. The van der Waals surface area contributed by atoms with Crippen LogP contribution in [0.5, 0.6) is 0 Å². The fraction of sp³-hybridized carbons (Fsp3) is 1.00. The van der Waals surface area contributed by atoms with Crippen LogP contribution in [0, 0.1) is 11.8 Å². The highest BCUT2D eigenvalue weighted by Gasteiger charge is 2.36. The Kier molecular flexibility index (Phi) is 6.83. The normalized spacial score (nSPS) is 35.5. The lowest BCUT2D eigenvalue weighted by Gasteiger charge is -2.42. The molecule has 0 aromatic carbocycles. The highest BCUT2D eigenvalue weighted by Crippen LogP contribution is 2.34. The first-order valence-electron chi connectivity index (χ1n) is 9.25. The summed E-state index contributed by atoms with van der Waals surface area (Å²) in [6, 6.07) is 1.59. The molecule has 0 radical (unpaired) electrons. The first-order valence-corrected chi connectivity index (χ1v) is 9.25. The van der Waals surface area contributed by atoms with E-state index in [9.17, 15) is 0 Å². The summed E-state index contributed by atoms with van der Waals surface area (Å²) >= 11 is 0. The molecule has 1 N–H and O–H groups in total. The fourth-order valence-corrected chi connectivity index (χ4v) is 4.37. The average molecular weight is 280 g/mol. The van der Waals surface area contributed by atoms with Crippen LogP contribution < -0.4 is 5.32 Å². The molecular weight excluding hydrogens is 244 g/mol. The topological polar surface area (TPSA) is 15.3 Å². The Morgan fingerprint density at radius 3 is 2.50 bits per heavy atom. The van der Waals surface area contributed by atoms with Crippen molar-refractivity contribution < 1.29 is 0 Å². The standard InChI is InChI=1S/C18H36N2/c1-4-7-16-8-9-17(19-11-5-2)18(13-16)20-12-10-15(6-3)14-20/h15-19H,4-14H2,1-3H3. The van der Waals surface area contributed by atoms with E-state index in [0.29, 0.717) is 0 Å². The summed E-state index contributed by atoms with van der Waals surface area (Å²) in [6.07, 6.45) is 11.2. The van der Waals surface area contributed by atoms with Crippen molar-refractivity contribution in [2.75, 3.05) is 19.6 Å². The molecule has 0 spiro atoms. The van der Waals surface area contributed by atoms with Crippen molar-refractivity contribution in [3.63, 3.8) is 0 Å². The van der Waals surface area contributed by atoms with Gasteiger partial charge in [-0.25, -0.2) is 0 Å². The summed E-state index contributed by atoms with van der Waals surface area (Å²) in [4.78, 5) is 2.84. The van der Waals surface area contributed by atoms with Crippen LogP contribution in [-0.4, -0.2) is 36.6 Å². The summed E-state index contributed by atoms with van der Waals surface area (Å²) in [5.41, 5.74) is 0. The van der Waals surface area contributed by atoms with Gasteiger partial charge in [0.15, 0.2) is 0 Å². The van der Waals surface area contributed by atoms with Crippen LogP contribution in [0.15, 0.2) is 0 Å². The van der Waals surface area contributed by atoms with Crippen LogP contribution in [0.2, 0.25) is 0 Å². The minimum absolute atomic E-state index is 0.763. The van der Waals surface area contributed by atoms with Gasteiger partial charge in [-0.3, -0.25) is 4.90 Å². The first-order chi connectivity index (χ1) is 9.78. The Hall–Kier alpha value is -0.0800. The summed E-state index contributed by atoms with van der Waals surface area (Å²) in [5.74, 6) is 1.96. The maximum Gasteiger partial charge on any atom is 0.0252 e. The fourth-order valence-electron chi connectivity index (χ4n) is 4.37. The van der Waals surface area contributed by atoms with Gasteiger partial charge in [0.25, 0.3) is 0 Å². The van der Waals surface area contributed by atoms with E-state index in [-0.39, 0.29) is 0 Å². The van der Waals surface area contributed by atoms with Gasteiger partial charge in [-0.1, -0.05) is 40.0 Å². The zero-order valence-electron chi connectivity index (χ0n) is 14.0. The maximum absolute atomic E-state index is 3.85. The molecule has 0 aromatic heterocycles. The van der Waals surface area contributed by atoms with Gasteiger partial charge in [-0.2, -0.15) is 0 Å². The maximum atomic E-state index is 3.85. The third-order valence-corrected chi connectivity index (χ3v) is 5.64. The summed E-state index contributed by atoms with van der Waals surface area (Å²) in [6.45, 7) is 10.9. The Balaban J connectivity index is 1.94. The summed E-state index contributed by atoms with van der Waals surface area (Å²) < 4.78 is 0. The molecule has 2 aliphatic rings. The molecule has 0 aromatic rings. The third-order valence-electron chi connectivity index (χ3n) is 5.64. The lowest BCUT2D eigenvalue weighted by molar-refractivity contribution is 0.111. The molecule has 1 aliphatic heterocycles. The van der Waals surface area contributed by atoms with Crippen LogP contribution in [0.3, 0.4) is 0 Å². The molecule has 0 amide bonds. The number of nitrogens with zero attached hydrogens (tertiary/aromatic N) is 1. The molecule has 4 unspecified atom stereocenters. The molecular formula is C18H36N2. The number of nitrogens with one attached hydrogen (secondary N) is 1. The molecule has 2 nitrogen and oxygen atoms in total. The van der Waals surface area contributed by atoms with Crippen molar-refractivity contribution >= 4 is 0 Å². The monoisotopic (exact) mass is 280 g/mol. The Labute approximate surface area is 126 Å². The predicted molar refractivity (Wildman–Crippen MR) is 88.1 cm³/mol. The Bertz CT molecular complexity index is 264. The molecule has 0 bridgehead atoms. The van der Waals surface area contributed by atoms with Crippen LogP contribution in [0.25, 0.3) is 0 Å². The first kappa shape index (κ1) is 16.3. The van der Waals surface area contributed by atoms with Crippen molar-refractivity contribution in [2.24, 2.45) is 11.8 Å². The molecule has 4 atom stereocenters. The number of hydrogen-bond acceptors (Lipinski definition) is 2. The molecule has 1 saturated heterocycles. The van der Waals surface area contributed by atoms with E-state index in [0.717, 1.165) is 23.9 Å². The molecule has 1 aliphatic carbocycles. The highest BCUT2D eigenvalue weighted by molar-refractivity contribution is 4.93. The van der Waals surface area contributed by atoms with E-state index < -0.39 is 0 Å². The van der Waals surface area contributed by atoms with Crippen molar-refractivity contribution in [3.05, 3.63) is 0 Å². The second-order valence-electron chi connectivity index (χ2n) is 7.15. The van der Waals surface area contributed by atoms with Gasteiger partial charge in [0.05, 0.1) is 0 Å². The minimum Gasteiger partial charge on any atom is -0.312 e. The van der Waals surface area contributed by atoms with Gasteiger partial charge < -0.3 is 5.32 Å². The predicted octanol–water partition coefficient (Wildman–Crippen LogP) is 4.06. The van der Waals surface area contributed by atoms with Crippen LogP contribution in [0.4, 0.5) is 0 Å². The number of likely N-dealkylation sites (tertiary alicyclic amines) is 1. The summed E-state index contributed by atoms with van der Waals surface area (Å²) in [7, 11) is 0. The number of hydrogen-bond donors (Lipinski definition) is 1. The third kappa shape index (κ3) is 4.21. The molecule has 2 fully saturated rings. The lowest BCUT2D eigenvalue weighted by atomic mass is 9.79. The van der Waals surface area contributed by atoms with E-state index in [1.165, 1.54) is 71.0 Å². The molecule has 1 saturated carbocycles. The van der Waals surface area contributed by atoms with Gasteiger partial charge in [0.2, 0.25) is 0 Å². The van der Waals surface area contributed by atoms with Crippen molar-refractivity contribution in [2.45, 2.75) is 84.2 Å². The Morgan fingerprint density at radius 2 is 1.85 bits per heavy atom. The van der Waals surface area contributed by atoms with Gasteiger partial charge in [0, 0.05) is 18.6 Å². The second-order valence-corrected chi connectivity index (χ2v) is 7.15. The average Bonchev–Trinajstić information content (AvgIpc) is 2.95. The SMILES string of the molecule is CCCNC1CCC(CCC)CC1N1CCC(CC)C1. The highest BCUT2D eigenvalue weighted by atomic mass is 15.2. The molecule has 2 rings (SSSR count). The van der Waals surface area contributed by atoms with Gasteiger partial charge in [0.1, 0.15) is 0 Å². The van der Waals surface area contributed by atoms with Gasteiger partial charge >= 0.3 is 0 Å².